The number of rotatable bonds is 1. The molecule has 0 aliphatic rings. The Hall–Kier alpha value is -1.34. The largest absolute Gasteiger partial charge is 0.217 e. The maximum atomic E-state index is 13.5. The summed E-state index contributed by atoms with van der Waals surface area (Å²) in [7, 11) is 0. The molecule has 0 saturated carbocycles. The molecule has 3 aromatic rings. The van der Waals surface area contributed by atoms with Crippen LogP contribution in [0.5, 0.6) is 0 Å². The summed E-state index contributed by atoms with van der Waals surface area (Å²) in [6.07, 6.45) is 1.56. The molecule has 3 nitrogen and oxygen atoms in total. The zero-order chi connectivity index (χ0) is 12.0. The lowest BCUT2D eigenvalue weighted by Gasteiger charge is -1.98. The lowest BCUT2D eigenvalue weighted by molar-refractivity contribution is 0.603. The van der Waals surface area contributed by atoms with E-state index < -0.39 is 11.6 Å². The molecule has 0 aliphatic heterocycles. The fourth-order valence-corrected chi connectivity index (χ4v) is 2.72. The van der Waals surface area contributed by atoms with Crippen molar-refractivity contribution in [1.82, 2.24) is 14.6 Å². The number of nitrogens with zero attached hydrogens (tertiary/aromatic N) is 3. The Bertz CT molecular complexity index is 675. The summed E-state index contributed by atoms with van der Waals surface area (Å²) in [5, 5.41) is 4.08. The molecule has 0 radical (unpaired) electrons. The first kappa shape index (κ1) is 10.8. The molecule has 0 bridgehead atoms. The van der Waals surface area contributed by atoms with Crippen molar-refractivity contribution in [2.45, 2.75) is 0 Å². The quantitative estimate of drug-likeness (QED) is 0.688. The monoisotopic (exact) mass is 315 g/mol. The minimum atomic E-state index is -0.504. The number of hydrogen-bond donors (Lipinski definition) is 0. The topological polar surface area (TPSA) is 30.2 Å². The summed E-state index contributed by atoms with van der Waals surface area (Å²) in [6, 6.07) is 3.28. The molecule has 7 heteroatoms. The van der Waals surface area contributed by atoms with Crippen LogP contribution in [-0.2, 0) is 0 Å². The molecular weight excluding hydrogens is 312 g/mol. The van der Waals surface area contributed by atoms with Gasteiger partial charge in [0, 0.05) is 5.56 Å². The van der Waals surface area contributed by atoms with Gasteiger partial charge in [0.2, 0.25) is 4.96 Å². The molecule has 0 spiro atoms. The molecule has 0 fully saturated rings. The molecule has 3 rings (SSSR count). The predicted octanol–water partition coefficient (Wildman–Crippen LogP) is 3.50. The van der Waals surface area contributed by atoms with E-state index in [-0.39, 0.29) is 5.56 Å². The second-order valence-electron chi connectivity index (χ2n) is 3.33. The van der Waals surface area contributed by atoms with E-state index in [4.69, 9.17) is 0 Å². The molecule has 0 atom stereocenters. The minimum Gasteiger partial charge on any atom is -0.217 e. The van der Waals surface area contributed by atoms with Crippen LogP contribution >= 0.6 is 27.3 Å². The van der Waals surface area contributed by atoms with E-state index in [1.165, 1.54) is 15.9 Å². The van der Waals surface area contributed by atoms with Gasteiger partial charge >= 0.3 is 0 Å². The molecule has 2 aromatic heterocycles. The predicted molar refractivity (Wildman–Crippen MR) is 63.9 cm³/mol. The zero-order valence-electron chi connectivity index (χ0n) is 8.19. The van der Waals surface area contributed by atoms with Crippen LogP contribution in [0.4, 0.5) is 8.78 Å². The maximum Gasteiger partial charge on any atom is 0.213 e. The molecule has 1 aromatic carbocycles. The fraction of sp³-hybridized carbons (Fsp3) is 0. The van der Waals surface area contributed by atoms with Gasteiger partial charge in [0.25, 0.3) is 0 Å². The van der Waals surface area contributed by atoms with Crippen molar-refractivity contribution < 1.29 is 8.78 Å². The van der Waals surface area contributed by atoms with Crippen LogP contribution in [0.2, 0.25) is 0 Å². The van der Waals surface area contributed by atoms with Crippen molar-refractivity contribution in [3.63, 3.8) is 0 Å². The lowest BCUT2D eigenvalue weighted by atomic mass is 10.1. The van der Waals surface area contributed by atoms with Gasteiger partial charge in [-0.3, -0.25) is 0 Å². The molecule has 0 unspecified atom stereocenters. The number of aromatic nitrogens is 3. The number of imidazole rings is 1. The minimum absolute atomic E-state index is 0.138. The van der Waals surface area contributed by atoms with Gasteiger partial charge in [0.15, 0.2) is 3.92 Å². The smallest absolute Gasteiger partial charge is 0.213 e. The van der Waals surface area contributed by atoms with Crippen molar-refractivity contribution in [3.05, 3.63) is 39.9 Å². The van der Waals surface area contributed by atoms with Crippen LogP contribution in [0.25, 0.3) is 16.2 Å². The molecule has 17 heavy (non-hydrogen) atoms. The normalized spacial score (nSPS) is 11.2. The van der Waals surface area contributed by atoms with Crippen molar-refractivity contribution in [2.24, 2.45) is 0 Å². The van der Waals surface area contributed by atoms with E-state index >= 15 is 0 Å². The average Bonchev–Trinajstić information content (AvgIpc) is 2.78. The van der Waals surface area contributed by atoms with Gasteiger partial charge in [-0.1, -0.05) is 11.3 Å². The Kier molecular flexibility index (Phi) is 2.44. The van der Waals surface area contributed by atoms with Gasteiger partial charge in [-0.25, -0.2) is 18.3 Å². The van der Waals surface area contributed by atoms with E-state index in [0.717, 1.165) is 18.2 Å². The molecular formula is C10H4BrF2N3S. The van der Waals surface area contributed by atoms with Crippen LogP contribution in [0.15, 0.2) is 28.3 Å². The Morgan fingerprint density at radius 2 is 2.12 bits per heavy atom. The second-order valence-corrected chi connectivity index (χ2v) is 5.56. The number of halogens is 3. The summed E-state index contributed by atoms with van der Waals surface area (Å²) in [5.74, 6) is -0.997. The Morgan fingerprint density at radius 3 is 2.88 bits per heavy atom. The molecule has 86 valence electrons. The van der Waals surface area contributed by atoms with Crippen molar-refractivity contribution in [3.8, 4) is 11.3 Å². The van der Waals surface area contributed by atoms with E-state index in [1.54, 1.807) is 6.20 Å². The van der Waals surface area contributed by atoms with Gasteiger partial charge in [-0.2, -0.15) is 0 Å². The Morgan fingerprint density at radius 1 is 1.29 bits per heavy atom. The van der Waals surface area contributed by atoms with E-state index in [2.05, 4.69) is 26.0 Å². The third kappa shape index (κ3) is 1.85. The molecule has 2 heterocycles. The third-order valence-electron chi connectivity index (χ3n) is 2.22. The summed E-state index contributed by atoms with van der Waals surface area (Å²) >= 11 is 4.54. The van der Waals surface area contributed by atoms with Gasteiger partial charge in [0.1, 0.15) is 11.6 Å². The van der Waals surface area contributed by atoms with Gasteiger partial charge in [-0.15, -0.1) is 5.10 Å². The first-order valence-electron chi connectivity index (χ1n) is 4.60. The highest BCUT2D eigenvalue weighted by Gasteiger charge is 2.12. The van der Waals surface area contributed by atoms with Crippen molar-refractivity contribution in [2.75, 3.05) is 0 Å². The van der Waals surface area contributed by atoms with Crippen LogP contribution < -0.4 is 0 Å². The van der Waals surface area contributed by atoms with Gasteiger partial charge in [0.05, 0.1) is 11.9 Å². The van der Waals surface area contributed by atoms with Crippen LogP contribution in [0, 0.1) is 11.6 Å². The Balaban J connectivity index is 2.19. The standard InChI is InChI=1S/C10H4BrF2N3S/c11-9-15-16-4-8(14-10(16)17-9)6-3-5(12)1-2-7(6)13/h1-4H. The van der Waals surface area contributed by atoms with Gasteiger partial charge in [-0.05, 0) is 34.1 Å². The summed E-state index contributed by atoms with van der Waals surface area (Å²) < 4.78 is 28.8. The second kappa shape index (κ2) is 3.85. The maximum absolute atomic E-state index is 13.5. The van der Waals surface area contributed by atoms with Crippen LogP contribution in [0.1, 0.15) is 0 Å². The zero-order valence-corrected chi connectivity index (χ0v) is 10.6. The number of hydrogen-bond acceptors (Lipinski definition) is 3. The molecule has 0 amide bonds. The van der Waals surface area contributed by atoms with Crippen molar-refractivity contribution in [1.29, 1.82) is 0 Å². The van der Waals surface area contributed by atoms with Crippen LogP contribution in [-0.4, -0.2) is 14.6 Å². The fourth-order valence-electron chi connectivity index (χ4n) is 1.50. The molecule has 0 saturated heterocycles. The van der Waals surface area contributed by atoms with E-state index in [0.29, 0.717) is 14.6 Å². The van der Waals surface area contributed by atoms with Crippen molar-refractivity contribution >= 4 is 32.2 Å². The Labute approximate surface area is 107 Å². The molecule has 0 aliphatic carbocycles. The first-order chi connectivity index (χ1) is 8.13. The summed E-state index contributed by atoms with van der Waals surface area (Å²) in [5.41, 5.74) is 0.507. The average molecular weight is 316 g/mol. The highest BCUT2D eigenvalue weighted by Crippen LogP contribution is 2.26. The van der Waals surface area contributed by atoms with E-state index in [9.17, 15) is 8.78 Å². The van der Waals surface area contributed by atoms with Gasteiger partial charge < -0.3 is 0 Å². The summed E-state index contributed by atoms with van der Waals surface area (Å²) in [4.78, 5) is 4.81. The SMILES string of the molecule is Fc1ccc(F)c(-c2cn3nc(Br)sc3n2)c1. The first-order valence-corrected chi connectivity index (χ1v) is 6.21. The summed E-state index contributed by atoms with van der Waals surface area (Å²) in [6.45, 7) is 0. The van der Waals surface area contributed by atoms with Crippen LogP contribution in [0.3, 0.4) is 0 Å². The third-order valence-corrected chi connectivity index (χ3v) is 3.58. The lowest BCUT2D eigenvalue weighted by Crippen LogP contribution is -1.86. The van der Waals surface area contributed by atoms with E-state index in [1.807, 2.05) is 0 Å². The molecule has 0 N–H and O–H groups in total. The highest BCUT2D eigenvalue weighted by atomic mass is 79.9. The number of benzene rings is 1. The highest BCUT2D eigenvalue weighted by molar-refractivity contribution is 9.11. The number of fused-ring (bicyclic) bond motifs is 1.